The number of nitrogens with zero attached hydrogens (tertiary/aromatic N) is 2. The van der Waals surface area contributed by atoms with Gasteiger partial charge in [0, 0.05) is 45.3 Å². The Kier molecular flexibility index (Phi) is 8.47. The summed E-state index contributed by atoms with van der Waals surface area (Å²) in [6, 6.07) is 13.1. The summed E-state index contributed by atoms with van der Waals surface area (Å²) in [7, 11) is 1.73. The van der Waals surface area contributed by atoms with Crippen molar-refractivity contribution in [2.45, 2.75) is 20.0 Å². The second kappa shape index (κ2) is 11.5. The van der Waals surface area contributed by atoms with Crippen LogP contribution >= 0.6 is 0 Å². The normalized spacial score (nSPS) is 15.1. The highest BCUT2D eigenvalue weighted by Crippen LogP contribution is 2.18. The number of morpholine rings is 1. The number of ether oxygens (including phenoxy) is 2. The average molecular weight is 415 g/mol. The topological polar surface area (TPSA) is 58.1 Å². The van der Waals surface area contributed by atoms with Crippen molar-refractivity contribution in [3.8, 4) is 5.75 Å². The lowest BCUT2D eigenvalue weighted by molar-refractivity contribution is 0.0322. The number of nitrogens with one attached hydrogen (secondary N) is 2. The first-order valence-electron chi connectivity index (χ1n) is 10.4. The third-order valence-electron chi connectivity index (χ3n) is 5.09. The van der Waals surface area contributed by atoms with Crippen molar-refractivity contribution in [3.05, 3.63) is 65.0 Å². The maximum Gasteiger partial charge on any atom is 0.191 e. The van der Waals surface area contributed by atoms with E-state index in [1.165, 1.54) is 6.07 Å². The van der Waals surface area contributed by atoms with Crippen molar-refractivity contribution in [3.63, 3.8) is 0 Å². The second-order valence-corrected chi connectivity index (χ2v) is 7.27. The van der Waals surface area contributed by atoms with E-state index in [2.05, 4.69) is 20.5 Å². The van der Waals surface area contributed by atoms with Crippen LogP contribution in [0.15, 0.2) is 47.5 Å². The molecule has 1 saturated heterocycles. The number of hydrogen-bond donors (Lipinski definition) is 2. The maximum absolute atomic E-state index is 13.4. The van der Waals surface area contributed by atoms with Crippen LogP contribution in [0.1, 0.15) is 16.7 Å². The van der Waals surface area contributed by atoms with Gasteiger partial charge in [-0.1, -0.05) is 30.3 Å². The Bertz CT molecular complexity index is 838. The zero-order valence-electron chi connectivity index (χ0n) is 17.8. The van der Waals surface area contributed by atoms with E-state index in [4.69, 9.17) is 9.47 Å². The molecule has 1 aliphatic heterocycles. The largest absolute Gasteiger partial charge is 0.492 e. The zero-order chi connectivity index (χ0) is 21.2. The quantitative estimate of drug-likeness (QED) is 0.514. The molecular weight excluding hydrogens is 383 g/mol. The molecular formula is C23H31FN4O2. The highest BCUT2D eigenvalue weighted by atomic mass is 19.1. The fraction of sp³-hybridized carbons (Fsp3) is 0.435. The molecule has 2 aromatic rings. The monoisotopic (exact) mass is 414 g/mol. The van der Waals surface area contributed by atoms with Gasteiger partial charge in [0.05, 0.1) is 13.2 Å². The van der Waals surface area contributed by atoms with Gasteiger partial charge in [0.2, 0.25) is 0 Å². The number of aliphatic imine (C=N–C) groups is 1. The van der Waals surface area contributed by atoms with Crippen molar-refractivity contribution < 1.29 is 13.9 Å². The van der Waals surface area contributed by atoms with E-state index in [9.17, 15) is 4.39 Å². The summed E-state index contributed by atoms with van der Waals surface area (Å²) in [4.78, 5) is 6.63. The van der Waals surface area contributed by atoms with Crippen LogP contribution < -0.4 is 15.4 Å². The molecule has 0 amide bonds. The van der Waals surface area contributed by atoms with Crippen LogP contribution in [-0.4, -0.2) is 57.4 Å². The summed E-state index contributed by atoms with van der Waals surface area (Å²) >= 11 is 0. The van der Waals surface area contributed by atoms with E-state index < -0.39 is 0 Å². The van der Waals surface area contributed by atoms with E-state index in [0.29, 0.717) is 31.2 Å². The molecule has 2 N–H and O–H groups in total. The third-order valence-corrected chi connectivity index (χ3v) is 5.09. The molecule has 1 fully saturated rings. The molecule has 0 atom stereocenters. The van der Waals surface area contributed by atoms with E-state index in [-0.39, 0.29) is 5.82 Å². The predicted molar refractivity (Wildman–Crippen MR) is 117 cm³/mol. The van der Waals surface area contributed by atoms with Crippen molar-refractivity contribution >= 4 is 5.96 Å². The van der Waals surface area contributed by atoms with Crippen molar-refractivity contribution in [1.29, 1.82) is 0 Å². The average Bonchev–Trinajstić information content (AvgIpc) is 2.78. The first-order valence-corrected chi connectivity index (χ1v) is 10.4. The van der Waals surface area contributed by atoms with Gasteiger partial charge < -0.3 is 20.1 Å². The minimum Gasteiger partial charge on any atom is -0.492 e. The Hall–Kier alpha value is -2.64. The number of rotatable bonds is 8. The van der Waals surface area contributed by atoms with Gasteiger partial charge >= 0.3 is 0 Å². The van der Waals surface area contributed by atoms with Gasteiger partial charge in [0.15, 0.2) is 5.96 Å². The predicted octanol–water partition coefficient (Wildman–Crippen LogP) is 2.71. The molecule has 3 rings (SSSR count). The first kappa shape index (κ1) is 22.1. The molecule has 0 spiro atoms. The Morgan fingerprint density at radius 1 is 1.13 bits per heavy atom. The molecule has 2 aromatic carbocycles. The van der Waals surface area contributed by atoms with Crippen LogP contribution in [0.2, 0.25) is 0 Å². The van der Waals surface area contributed by atoms with Gasteiger partial charge in [0.25, 0.3) is 0 Å². The van der Waals surface area contributed by atoms with Gasteiger partial charge in [-0.3, -0.25) is 9.89 Å². The maximum atomic E-state index is 13.4. The van der Waals surface area contributed by atoms with Gasteiger partial charge in [-0.15, -0.1) is 0 Å². The smallest absolute Gasteiger partial charge is 0.191 e. The van der Waals surface area contributed by atoms with Gasteiger partial charge in [-0.25, -0.2) is 4.39 Å². The minimum atomic E-state index is -0.188. The molecule has 0 saturated carbocycles. The van der Waals surface area contributed by atoms with E-state index in [0.717, 1.165) is 49.7 Å². The Morgan fingerprint density at radius 2 is 1.90 bits per heavy atom. The van der Waals surface area contributed by atoms with Gasteiger partial charge in [-0.05, 0) is 30.2 Å². The highest BCUT2D eigenvalue weighted by molar-refractivity contribution is 5.79. The lowest BCUT2D eigenvalue weighted by Crippen LogP contribution is -2.38. The van der Waals surface area contributed by atoms with E-state index in [1.807, 2.05) is 30.3 Å². The number of para-hydroxylation sites is 1. The Morgan fingerprint density at radius 3 is 2.67 bits per heavy atom. The molecule has 1 heterocycles. The Balaban J connectivity index is 1.48. The number of benzene rings is 2. The lowest BCUT2D eigenvalue weighted by atomic mass is 10.1. The number of hydrogen-bond acceptors (Lipinski definition) is 4. The molecule has 6 nitrogen and oxygen atoms in total. The first-order chi connectivity index (χ1) is 14.7. The SMILES string of the molecule is CN=C(NCc1ccc(F)c(C)c1)NCc1ccccc1OCCN1CCOCC1. The van der Waals surface area contributed by atoms with Crippen LogP contribution in [0.3, 0.4) is 0 Å². The fourth-order valence-electron chi connectivity index (χ4n) is 3.30. The Labute approximate surface area is 178 Å². The molecule has 1 aliphatic rings. The molecule has 0 bridgehead atoms. The van der Waals surface area contributed by atoms with Crippen LogP contribution in [0, 0.1) is 12.7 Å². The van der Waals surface area contributed by atoms with Crippen LogP contribution in [0.25, 0.3) is 0 Å². The highest BCUT2D eigenvalue weighted by Gasteiger charge is 2.11. The molecule has 7 heteroatoms. The zero-order valence-corrected chi connectivity index (χ0v) is 17.8. The lowest BCUT2D eigenvalue weighted by Gasteiger charge is -2.26. The number of halogens is 1. The van der Waals surface area contributed by atoms with Crippen molar-refractivity contribution in [2.75, 3.05) is 46.5 Å². The third kappa shape index (κ3) is 6.71. The summed E-state index contributed by atoms with van der Waals surface area (Å²) in [5.74, 6) is 1.37. The minimum absolute atomic E-state index is 0.188. The summed E-state index contributed by atoms with van der Waals surface area (Å²) in [6.45, 7) is 7.98. The molecule has 30 heavy (non-hydrogen) atoms. The summed E-state index contributed by atoms with van der Waals surface area (Å²) < 4.78 is 24.9. The van der Waals surface area contributed by atoms with Crippen LogP contribution in [0.4, 0.5) is 4.39 Å². The summed E-state index contributed by atoms with van der Waals surface area (Å²) in [6.07, 6.45) is 0. The molecule has 0 unspecified atom stereocenters. The van der Waals surface area contributed by atoms with Crippen LogP contribution in [-0.2, 0) is 17.8 Å². The van der Waals surface area contributed by atoms with Crippen molar-refractivity contribution in [1.82, 2.24) is 15.5 Å². The van der Waals surface area contributed by atoms with Crippen molar-refractivity contribution in [2.24, 2.45) is 4.99 Å². The van der Waals surface area contributed by atoms with Gasteiger partial charge in [0.1, 0.15) is 18.2 Å². The fourth-order valence-corrected chi connectivity index (χ4v) is 3.30. The summed E-state index contributed by atoms with van der Waals surface area (Å²) in [5.41, 5.74) is 2.71. The number of aryl methyl sites for hydroxylation is 1. The summed E-state index contributed by atoms with van der Waals surface area (Å²) in [5, 5.41) is 6.59. The molecule has 0 aliphatic carbocycles. The second-order valence-electron chi connectivity index (χ2n) is 7.27. The van der Waals surface area contributed by atoms with E-state index in [1.54, 1.807) is 20.0 Å². The number of guanidine groups is 1. The standard InChI is InChI=1S/C23H31FN4O2/c1-18-15-19(7-8-21(18)24)16-26-23(25-2)27-17-20-5-3-4-6-22(20)30-14-11-28-9-12-29-13-10-28/h3-8,15H,9-14,16-17H2,1-2H3,(H2,25,26,27). The van der Waals surface area contributed by atoms with Gasteiger partial charge in [-0.2, -0.15) is 0 Å². The molecule has 0 radical (unpaired) electrons. The van der Waals surface area contributed by atoms with E-state index >= 15 is 0 Å². The van der Waals surface area contributed by atoms with Crippen LogP contribution in [0.5, 0.6) is 5.75 Å². The molecule has 0 aromatic heterocycles. The molecule has 162 valence electrons.